The molecule has 0 bridgehead atoms. The Hall–Kier alpha value is -3.35. The Morgan fingerprint density at radius 1 is 0.679 bits per heavy atom. The first kappa shape index (κ1) is 21.0. The van der Waals surface area contributed by atoms with Gasteiger partial charge in [0.1, 0.15) is 0 Å². The molecule has 2 aromatic carbocycles. The lowest BCUT2D eigenvalue weighted by atomic mass is 10.1. The topological polar surface area (TPSA) is 72.5 Å². The van der Waals surface area contributed by atoms with Crippen LogP contribution in [0.3, 0.4) is 0 Å². The number of hydrogen-bond acceptors (Lipinski definition) is 7. The van der Waals surface area contributed by atoms with E-state index in [2.05, 4.69) is 0 Å². The largest absolute Gasteiger partial charge is 0.493 e. The smallest absolute Gasteiger partial charge is 0.203 e. The van der Waals surface area contributed by atoms with E-state index in [-0.39, 0.29) is 5.78 Å². The van der Waals surface area contributed by atoms with Crippen molar-refractivity contribution < 1.29 is 33.2 Å². The molecule has 0 aliphatic heterocycles. The van der Waals surface area contributed by atoms with Gasteiger partial charge in [0.15, 0.2) is 28.8 Å². The molecular formula is C21H24O7. The van der Waals surface area contributed by atoms with Gasteiger partial charge in [-0.05, 0) is 36.4 Å². The standard InChI is InChI=1S/C21H24O7/c1-23-16-10-8-13(19(26-4)21(16)28-6)7-9-15(22)14-11-17(24-2)20(27-5)18(12-14)25-3/h7-12H,1-6H3/b9-7+. The van der Waals surface area contributed by atoms with Crippen molar-refractivity contribution in [3.63, 3.8) is 0 Å². The van der Waals surface area contributed by atoms with Crippen LogP contribution in [0.25, 0.3) is 6.08 Å². The van der Waals surface area contributed by atoms with E-state index in [1.165, 1.54) is 41.6 Å². The number of carbonyl (C=O) groups is 1. The molecule has 0 heterocycles. The van der Waals surface area contributed by atoms with Crippen LogP contribution in [0.4, 0.5) is 0 Å². The minimum absolute atomic E-state index is 0.240. The molecule has 28 heavy (non-hydrogen) atoms. The molecule has 0 radical (unpaired) electrons. The SMILES string of the molecule is COc1cc(C(=O)/C=C/c2ccc(OC)c(OC)c2OC)cc(OC)c1OC. The van der Waals surface area contributed by atoms with Crippen molar-refractivity contribution in [2.24, 2.45) is 0 Å². The molecule has 0 aliphatic carbocycles. The van der Waals surface area contributed by atoms with E-state index in [1.54, 1.807) is 37.5 Å². The zero-order valence-electron chi connectivity index (χ0n) is 16.8. The number of methoxy groups -OCH3 is 6. The first-order valence-electron chi connectivity index (χ1n) is 8.35. The quantitative estimate of drug-likeness (QED) is 0.480. The highest BCUT2D eigenvalue weighted by molar-refractivity contribution is 6.07. The molecule has 0 aliphatic rings. The Balaban J connectivity index is 2.41. The molecule has 0 unspecified atom stereocenters. The number of benzene rings is 2. The van der Waals surface area contributed by atoms with Crippen LogP contribution in [0, 0.1) is 0 Å². The van der Waals surface area contributed by atoms with E-state index < -0.39 is 0 Å². The summed E-state index contributed by atoms with van der Waals surface area (Å²) in [6.45, 7) is 0. The Bertz CT molecular complexity index is 846. The zero-order chi connectivity index (χ0) is 20.7. The molecule has 150 valence electrons. The van der Waals surface area contributed by atoms with Crippen LogP contribution in [-0.4, -0.2) is 48.4 Å². The molecule has 0 amide bonds. The molecule has 0 fully saturated rings. The summed E-state index contributed by atoms with van der Waals surface area (Å²) in [6.07, 6.45) is 3.08. The molecule has 0 spiro atoms. The predicted octanol–water partition coefficient (Wildman–Crippen LogP) is 3.63. The highest BCUT2D eigenvalue weighted by Gasteiger charge is 2.17. The second kappa shape index (κ2) is 9.55. The van der Waals surface area contributed by atoms with Gasteiger partial charge in [0, 0.05) is 11.1 Å². The van der Waals surface area contributed by atoms with E-state index in [4.69, 9.17) is 28.4 Å². The van der Waals surface area contributed by atoms with Crippen molar-refractivity contribution in [3.05, 3.63) is 41.5 Å². The summed E-state index contributed by atoms with van der Waals surface area (Å²) in [6, 6.07) is 6.71. The van der Waals surface area contributed by atoms with Gasteiger partial charge in [-0.15, -0.1) is 0 Å². The summed E-state index contributed by atoms with van der Waals surface area (Å²) in [7, 11) is 9.09. The highest BCUT2D eigenvalue weighted by Crippen LogP contribution is 2.41. The summed E-state index contributed by atoms with van der Waals surface area (Å²) in [5, 5.41) is 0. The van der Waals surface area contributed by atoms with Crippen LogP contribution in [0.15, 0.2) is 30.3 Å². The summed E-state index contributed by atoms with van der Waals surface area (Å²) >= 11 is 0. The fraction of sp³-hybridized carbons (Fsp3) is 0.286. The molecule has 0 saturated heterocycles. The van der Waals surface area contributed by atoms with Crippen LogP contribution in [0.2, 0.25) is 0 Å². The third-order valence-electron chi connectivity index (χ3n) is 4.10. The highest BCUT2D eigenvalue weighted by atomic mass is 16.5. The molecule has 2 rings (SSSR count). The Kier molecular flexibility index (Phi) is 7.14. The average Bonchev–Trinajstić information content (AvgIpc) is 2.75. The number of rotatable bonds is 9. The van der Waals surface area contributed by atoms with E-state index in [0.717, 1.165) is 0 Å². The third-order valence-corrected chi connectivity index (χ3v) is 4.10. The number of ketones is 1. The Morgan fingerprint density at radius 3 is 1.68 bits per heavy atom. The minimum Gasteiger partial charge on any atom is -0.493 e. The molecule has 0 saturated carbocycles. The fourth-order valence-electron chi connectivity index (χ4n) is 2.74. The van der Waals surface area contributed by atoms with E-state index in [0.29, 0.717) is 45.6 Å². The van der Waals surface area contributed by atoms with Crippen molar-refractivity contribution in [1.82, 2.24) is 0 Å². The van der Waals surface area contributed by atoms with Gasteiger partial charge in [0.25, 0.3) is 0 Å². The molecule has 0 N–H and O–H groups in total. The molecular weight excluding hydrogens is 364 g/mol. The fourth-order valence-corrected chi connectivity index (χ4v) is 2.74. The first-order chi connectivity index (χ1) is 13.5. The Morgan fingerprint density at radius 2 is 1.21 bits per heavy atom. The van der Waals surface area contributed by atoms with Crippen LogP contribution in [0.5, 0.6) is 34.5 Å². The number of ether oxygens (including phenoxy) is 6. The van der Waals surface area contributed by atoms with E-state index >= 15 is 0 Å². The lowest BCUT2D eigenvalue weighted by Crippen LogP contribution is -2.01. The monoisotopic (exact) mass is 388 g/mol. The van der Waals surface area contributed by atoms with Gasteiger partial charge in [-0.25, -0.2) is 0 Å². The number of carbonyl (C=O) groups excluding carboxylic acids is 1. The van der Waals surface area contributed by atoms with Gasteiger partial charge in [0.2, 0.25) is 11.5 Å². The molecule has 7 nitrogen and oxygen atoms in total. The first-order valence-corrected chi connectivity index (χ1v) is 8.35. The summed E-state index contributed by atoms with van der Waals surface area (Å²) in [4.78, 5) is 12.7. The normalized spacial score (nSPS) is 10.5. The van der Waals surface area contributed by atoms with Crippen molar-refractivity contribution in [2.75, 3.05) is 42.7 Å². The number of hydrogen-bond donors (Lipinski definition) is 0. The zero-order valence-corrected chi connectivity index (χ0v) is 16.8. The second-order valence-corrected chi connectivity index (χ2v) is 5.54. The van der Waals surface area contributed by atoms with Crippen molar-refractivity contribution in [1.29, 1.82) is 0 Å². The number of allylic oxidation sites excluding steroid dienone is 1. The van der Waals surface area contributed by atoms with Crippen LogP contribution in [-0.2, 0) is 0 Å². The summed E-state index contributed by atoms with van der Waals surface area (Å²) < 4.78 is 31.9. The van der Waals surface area contributed by atoms with Crippen LogP contribution >= 0.6 is 0 Å². The van der Waals surface area contributed by atoms with Gasteiger partial charge >= 0.3 is 0 Å². The lowest BCUT2D eigenvalue weighted by Gasteiger charge is -2.14. The summed E-state index contributed by atoms with van der Waals surface area (Å²) in [5.74, 6) is 2.45. The maximum atomic E-state index is 12.7. The van der Waals surface area contributed by atoms with Gasteiger partial charge < -0.3 is 28.4 Å². The van der Waals surface area contributed by atoms with Crippen molar-refractivity contribution in [3.8, 4) is 34.5 Å². The van der Waals surface area contributed by atoms with Gasteiger partial charge in [-0.3, -0.25) is 4.79 Å². The predicted molar refractivity (Wildman–Crippen MR) is 106 cm³/mol. The average molecular weight is 388 g/mol. The van der Waals surface area contributed by atoms with Gasteiger partial charge in [-0.1, -0.05) is 0 Å². The second-order valence-electron chi connectivity index (χ2n) is 5.54. The maximum absolute atomic E-state index is 12.7. The van der Waals surface area contributed by atoms with Gasteiger partial charge in [-0.2, -0.15) is 0 Å². The van der Waals surface area contributed by atoms with Crippen LogP contribution in [0.1, 0.15) is 15.9 Å². The molecule has 7 heteroatoms. The van der Waals surface area contributed by atoms with E-state index in [9.17, 15) is 4.79 Å². The molecule has 0 aromatic heterocycles. The maximum Gasteiger partial charge on any atom is 0.203 e. The minimum atomic E-state index is -0.240. The Labute approximate surface area is 164 Å². The third kappa shape index (κ3) is 4.14. The molecule has 0 atom stereocenters. The van der Waals surface area contributed by atoms with Crippen molar-refractivity contribution >= 4 is 11.9 Å². The van der Waals surface area contributed by atoms with Crippen LogP contribution < -0.4 is 28.4 Å². The lowest BCUT2D eigenvalue weighted by molar-refractivity contribution is 0.104. The van der Waals surface area contributed by atoms with Crippen molar-refractivity contribution in [2.45, 2.75) is 0 Å². The molecule has 2 aromatic rings. The summed E-state index contributed by atoms with van der Waals surface area (Å²) in [5.41, 5.74) is 1.06. The van der Waals surface area contributed by atoms with Gasteiger partial charge in [0.05, 0.1) is 42.7 Å². The van der Waals surface area contributed by atoms with E-state index in [1.807, 2.05) is 0 Å².